The van der Waals surface area contributed by atoms with E-state index < -0.39 is 0 Å². The molecule has 0 aliphatic heterocycles. The number of hydrogen-bond donors (Lipinski definition) is 0. The van der Waals surface area contributed by atoms with Crippen LogP contribution in [-0.4, -0.2) is 19.5 Å². The summed E-state index contributed by atoms with van der Waals surface area (Å²) in [6.07, 6.45) is 1.36. The molecule has 0 bridgehead atoms. The van der Waals surface area contributed by atoms with Crippen LogP contribution in [0.25, 0.3) is 16.9 Å². The molecule has 2 aromatic heterocycles. The number of benzene rings is 1. The van der Waals surface area contributed by atoms with Crippen LogP contribution < -0.4 is 0 Å². The Morgan fingerprint density at radius 1 is 1.22 bits per heavy atom. The third-order valence-electron chi connectivity index (χ3n) is 2.63. The monoisotopic (exact) mass is 262 g/mol. The normalized spacial score (nSPS) is 11.1. The minimum atomic E-state index is -0.316. The first-order valence-corrected chi connectivity index (χ1v) is 5.65. The Balaban J connectivity index is 2.34. The Hall–Kier alpha value is -2.01. The Kier molecular flexibility index (Phi) is 2.48. The van der Waals surface area contributed by atoms with E-state index in [4.69, 9.17) is 11.6 Å². The van der Waals surface area contributed by atoms with Crippen LogP contribution in [0.5, 0.6) is 0 Å². The lowest BCUT2D eigenvalue weighted by Gasteiger charge is -2.05. The molecule has 1 aromatic carbocycles. The second kappa shape index (κ2) is 4.03. The Morgan fingerprint density at radius 2 is 2.06 bits per heavy atom. The molecule has 0 N–H and O–H groups in total. The summed E-state index contributed by atoms with van der Waals surface area (Å²) in [6.45, 7) is 1.83. The van der Waals surface area contributed by atoms with Gasteiger partial charge in [-0.3, -0.25) is 4.57 Å². The van der Waals surface area contributed by atoms with E-state index in [2.05, 4.69) is 15.0 Å². The van der Waals surface area contributed by atoms with Gasteiger partial charge in [0, 0.05) is 12.1 Å². The van der Waals surface area contributed by atoms with Gasteiger partial charge in [0.05, 0.1) is 11.0 Å². The number of imidazole rings is 1. The van der Waals surface area contributed by atoms with Gasteiger partial charge in [0.2, 0.25) is 0 Å². The van der Waals surface area contributed by atoms with Gasteiger partial charge in [0.1, 0.15) is 28.9 Å². The van der Waals surface area contributed by atoms with Crippen LogP contribution in [-0.2, 0) is 0 Å². The van der Waals surface area contributed by atoms with Crippen LogP contribution in [0.1, 0.15) is 5.82 Å². The van der Waals surface area contributed by atoms with Crippen molar-refractivity contribution in [2.75, 3.05) is 0 Å². The van der Waals surface area contributed by atoms with E-state index in [1.54, 1.807) is 16.7 Å². The number of nitrogens with zero attached hydrogens (tertiary/aromatic N) is 4. The van der Waals surface area contributed by atoms with Gasteiger partial charge in [-0.25, -0.2) is 19.3 Å². The van der Waals surface area contributed by atoms with Gasteiger partial charge in [0.15, 0.2) is 0 Å². The maximum atomic E-state index is 13.3. The van der Waals surface area contributed by atoms with Crippen molar-refractivity contribution in [3.05, 3.63) is 47.4 Å². The van der Waals surface area contributed by atoms with Gasteiger partial charge in [-0.1, -0.05) is 11.6 Å². The van der Waals surface area contributed by atoms with Crippen LogP contribution in [0.4, 0.5) is 4.39 Å². The molecule has 0 saturated heterocycles. The summed E-state index contributed by atoms with van der Waals surface area (Å²) in [6, 6.07) is 6.05. The van der Waals surface area contributed by atoms with Gasteiger partial charge in [-0.2, -0.15) is 0 Å². The molecule has 0 radical (unpaired) electrons. The van der Waals surface area contributed by atoms with Crippen molar-refractivity contribution in [1.82, 2.24) is 19.5 Å². The lowest BCUT2D eigenvalue weighted by atomic mass is 10.3. The van der Waals surface area contributed by atoms with Gasteiger partial charge in [-0.05, 0) is 19.1 Å². The van der Waals surface area contributed by atoms with E-state index >= 15 is 0 Å². The quantitative estimate of drug-likeness (QED) is 0.634. The third kappa shape index (κ3) is 1.73. The highest BCUT2D eigenvalue weighted by Crippen LogP contribution is 2.21. The molecule has 0 aliphatic carbocycles. The number of rotatable bonds is 1. The van der Waals surface area contributed by atoms with E-state index in [9.17, 15) is 4.39 Å². The van der Waals surface area contributed by atoms with Crippen LogP contribution in [0, 0.1) is 12.7 Å². The lowest BCUT2D eigenvalue weighted by molar-refractivity contribution is 0.629. The fourth-order valence-corrected chi connectivity index (χ4v) is 2.05. The average Bonchev–Trinajstić information content (AvgIpc) is 2.64. The summed E-state index contributed by atoms with van der Waals surface area (Å²) < 4.78 is 15.1. The molecule has 18 heavy (non-hydrogen) atoms. The zero-order valence-electron chi connectivity index (χ0n) is 9.43. The zero-order chi connectivity index (χ0) is 12.7. The molecule has 0 unspecified atom stereocenters. The molecule has 0 saturated carbocycles. The summed E-state index contributed by atoms with van der Waals surface area (Å²) in [7, 11) is 0. The third-order valence-corrected chi connectivity index (χ3v) is 2.84. The van der Waals surface area contributed by atoms with E-state index in [0.29, 0.717) is 27.8 Å². The molecular formula is C12H8ClFN4. The summed E-state index contributed by atoms with van der Waals surface area (Å²) in [5, 5.41) is 0.331. The van der Waals surface area contributed by atoms with Crippen LogP contribution in [0.2, 0.25) is 5.15 Å². The van der Waals surface area contributed by atoms with Crippen molar-refractivity contribution in [1.29, 1.82) is 0 Å². The zero-order valence-corrected chi connectivity index (χ0v) is 10.2. The molecule has 0 fully saturated rings. The molecular weight excluding hydrogens is 255 g/mol. The fraction of sp³-hybridized carbons (Fsp3) is 0.0833. The largest absolute Gasteiger partial charge is 0.280 e. The van der Waals surface area contributed by atoms with Crippen molar-refractivity contribution in [3.8, 4) is 5.82 Å². The number of aryl methyl sites for hydroxylation is 1. The van der Waals surface area contributed by atoms with Gasteiger partial charge in [-0.15, -0.1) is 0 Å². The topological polar surface area (TPSA) is 43.6 Å². The number of aromatic nitrogens is 4. The molecule has 0 amide bonds. The second-order valence-corrected chi connectivity index (χ2v) is 4.21. The smallest absolute Gasteiger partial charge is 0.143 e. The number of fused-ring (bicyclic) bond motifs is 1. The average molecular weight is 263 g/mol. The summed E-state index contributed by atoms with van der Waals surface area (Å²) >= 11 is 5.84. The number of hydrogen-bond acceptors (Lipinski definition) is 3. The van der Waals surface area contributed by atoms with E-state index in [0.717, 1.165) is 0 Å². The molecule has 90 valence electrons. The fourth-order valence-electron chi connectivity index (χ4n) is 1.90. The summed E-state index contributed by atoms with van der Waals surface area (Å²) in [5.74, 6) is 0.967. The molecule has 0 spiro atoms. The predicted molar refractivity (Wildman–Crippen MR) is 66.4 cm³/mol. The van der Waals surface area contributed by atoms with Crippen molar-refractivity contribution >= 4 is 22.6 Å². The SMILES string of the molecule is Cc1nc2ccc(F)cc2n1-c1cc(Cl)ncn1. The summed E-state index contributed by atoms with van der Waals surface area (Å²) in [5.41, 5.74) is 1.37. The highest BCUT2D eigenvalue weighted by Gasteiger charge is 2.11. The Labute approximate surface area is 107 Å². The number of halogens is 2. The molecule has 3 aromatic rings. The van der Waals surface area contributed by atoms with E-state index in [1.807, 2.05) is 6.92 Å². The first-order chi connectivity index (χ1) is 8.65. The molecule has 3 rings (SSSR count). The van der Waals surface area contributed by atoms with Gasteiger partial charge >= 0.3 is 0 Å². The van der Waals surface area contributed by atoms with Crippen molar-refractivity contribution in [3.63, 3.8) is 0 Å². The highest BCUT2D eigenvalue weighted by atomic mass is 35.5. The first-order valence-electron chi connectivity index (χ1n) is 5.27. The molecule has 6 heteroatoms. The Bertz CT molecular complexity index is 738. The maximum absolute atomic E-state index is 13.3. The van der Waals surface area contributed by atoms with E-state index in [-0.39, 0.29) is 5.82 Å². The van der Waals surface area contributed by atoms with Gasteiger partial charge < -0.3 is 0 Å². The minimum absolute atomic E-state index is 0.316. The van der Waals surface area contributed by atoms with Crippen LogP contribution >= 0.6 is 11.6 Å². The Morgan fingerprint density at radius 3 is 2.83 bits per heavy atom. The second-order valence-electron chi connectivity index (χ2n) is 3.83. The lowest BCUT2D eigenvalue weighted by Crippen LogP contribution is -2.00. The maximum Gasteiger partial charge on any atom is 0.143 e. The highest BCUT2D eigenvalue weighted by molar-refractivity contribution is 6.29. The molecule has 2 heterocycles. The van der Waals surface area contributed by atoms with Gasteiger partial charge in [0.25, 0.3) is 0 Å². The standard InChI is InChI=1S/C12H8ClFN4/c1-7-17-9-3-2-8(14)4-10(9)18(7)12-5-11(13)15-6-16-12/h2-6H,1H3. The van der Waals surface area contributed by atoms with Crippen molar-refractivity contribution in [2.45, 2.75) is 6.92 Å². The predicted octanol–water partition coefficient (Wildman–Crippen LogP) is 2.92. The molecule has 4 nitrogen and oxygen atoms in total. The minimum Gasteiger partial charge on any atom is -0.280 e. The molecule has 0 aliphatic rings. The first kappa shape index (κ1) is 11.1. The van der Waals surface area contributed by atoms with Crippen molar-refractivity contribution in [2.24, 2.45) is 0 Å². The van der Waals surface area contributed by atoms with Crippen molar-refractivity contribution < 1.29 is 4.39 Å². The van der Waals surface area contributed by atoms with Crippen LogP contribution in [0.3, 0.4) is 0 Å². The molecule has 0 atom stereocenters. The summed E-state index contributed by atoms with van der Waals surface area (Å²) in [4.78, 5) is 12.3. The van der Waals surface area contributed by atoms with E-state index in [1.165, 1.54) is 18.5 Å². The van der Waals surface area contributed by atoms with Crippen LogP contribution in [0.15, 0.2) is 30.6 Å².